The molecular weight excluding hydrogens is 166 g/mol. The number of hydrogen-bond donors (Lipinski definition) is 2. The summed E-state index contributed by atoms with van der Waals surface area (Å²) in [6.45, 7) is 5.92. The predicted octanol–water partition coefficient (Wildman–Crippen LogP) is 1.06. The van der Waals surface area contributed by atoms with Crippen LogP contribution in [-0.4, -0.2) is 23.2 Å². The summed E-state index contributed by atoms with van der Waals surface area (Å²) < 4.78 is 0. The number of aliphatic hydroxyl groups excluding tert-OH is 1. The van der Waals surface area contributed by atoms with Crippen LogP contribution in [-0.2, 0) is 4.79 Å². The summed E-state index contributed by atoms with van der Waals surface area (Å²) in [4.78, 5) is 11.7. The molecule has 76 valence electrons. The van der Waals surface area contributed by atoms with Gasteiger partial charge in [-0.2, -0.15) is 0 Å². The average Bonchev–Trinajstić information content (AvgIpc) is 2.85. The number of aliphatic hydroxyl groups is 1. The Morgan fingerprint density at radius 2 is 2.08 bits per heavy atom. The Bertz CT molecular complexity index is 207. The summed E-state index contributed by atoms with van der Waals surface area (Å²) in [5.74, 6) is 0.0570. The Kier molecular flexibility index (Phi) is 2.66. The molecule has 1 amide bonds. The minimum atomic E-state index is -0.315. The number of amides is 1. The van der Waals surface area contributed by atoms with Crippen LogP contribution in [0.15, 0.2) is 0 Å². The number of carbonyl (C=O) groups excluding carboxylic acids is 1. The van der Waals surface area contributed by atoms with Gasteiger partial charge in [0.1, 0.15) is 0 Å². The fourth-order valence-corrected chi connectivity index (χ4v) is 1.04. The number of carbonyl (C=O) groups is 1. The predicted molar refractivity (Wildman–Crippen MR) is 51.3 cm³/mol. The van der Waals surface area contributed by atoms with Gasteiger partial charge in [0.15, 0.2) is 0 Å². The smallest absolute Gasteiger partial charge is 0.226 e. The first-order valence-electron chi connectivity index (χ1n) is 4.89. The summed E-state index contributed by atoms with van der Waals surface area (Å²) in [5, 5.41) is 11.9. The third-order valence-electron chi connectivity index (χ3n) is 3.03. The van der Waals surface area contributed by atoms with Crippen molar-refractivity contribution in [1.82, 2.24) is 5.32 Å². The maximum atomic E-state index is 11.7. The lowest BCUT2D eigenvalue weighted by atomic mass is 9.89. The number of rotatable bonds is 4. The Labute approximate surface area is 79.5 Å². The Balaban J connectivity index is 2.50. The third-order valence-corrected chi connectivity index (χ3v) is 3.03. The molecule has 0 saturated heterocycles. The first-order chi connectivity index (χ1) is 5.96. The highest BCUT2D eigenvalue weighted by atomic mass is 16.3. The van der Waals surface area contributed by atoms with E-state index in [0.29, 0.717) is 0 Å². The molecule has 2 N–H and O–H groups in total. The van der Waals surface area contributed by atoms with Gasteiger partial charge in [-0.05, 0) is 19.3 Å². The van der Waals surface area contributed by atoms with E-state index in [1.54, 1.807) is 0 Å². The standard InChI is InChI=1S/C10H19NO2/c1-4-9(2,3)8(13)11-10(7-12)5-6-10/h12H,4-7H2,1-3H3,(H,11,13). The van der Waals surface area contributed by atoms with Crippen LogP contribution >= 0.6 is 0 Å². The van der Waals surface area contributed by atoms with Crippen molar-refractivity contribution < 1.29 is 9.90 Å². The van der Waals surface area contributed by atoms with Gasteiger partial charge in [-0.3, -0.25) is 4.79 Å². The zero-order chi connectivity index (χ0) is 10.1. The van der Waals surface area contributed by atoms with Gasteiger partial charge >= 0.3 is 0 Å². The summed E-state index contributed by atoms with van der Waals surface area (Å²) >= 11 is 0. The lowest BCUT2D eigenvalue weighted by Gasteiger charge is -2.25. The summed E-state index contributed by atoms with van der Waals surface area (Å²) in [6.07, 6.45) is 2.64. The second-order valence-corrected chi connectivity index (χ2v) is 4.63. The number of hydrogen-bond acceptors (Lipinski definition) is 2. The molecule has 0 radical (unpaired) electrons. The molecule has 0 bridgehead atoms. The highest BCUT2D eigenvalue weighted by Gasteiger charge is 2.45. The molecule has 3 nitrogen and oxygen atoms in total. The van der Waals surface area contributed by atoms with Crippen LogP contribution in [0.2, 0.25) is 0 Å². The highest BCUT2D eigenvalue weighted by molar-refractivity contribution is 5.82. The minimum absolute atomic E-state index is 0.0570. The molecule has 1 aliphatic carbocycles. The van der Waals surface area contributed by atoms with Crippen LogP contribution in [0, 0.1) is 5.41 Å². The Hall–Kier alpha value is -0.570. The van der Waals surface area contributed by atoms with Crippen molar-refractivity contribution in [3.05, 3.63) is 0 Å². The Morgan fingerprint density at radius 1 is 1.54 bits per heavy atom. The molecule has 0 aliphatic heterocycles. The third kappa shape index (κ3) is 2.21. The van der Waals surface area contributed by atoms with Gasteiger partial charge < -0.3 is 10.4 Å². The van der Waals surface area contributed by atoms with Gasteiger partial charge in [-0.25, -0.2) is 0 Å². The number of nitrogens with one attached hydrogen (secondary N) is 1. The summed E-state index contributed by atoms with van der Waals surface area (Å²) in [5.41, 5.74) is -0.589. The second kappa shape index (κ2) is 3.29. The summed E-state index contributed by atoms with van der Waals surface area (Å²) in [7, 11) is 0. The van der Waals surface area contributed by atoms with Gasteiger partial charge in [-0.1, -0.05) is 20.8 Å². The zero-order valence-corrected chi connectivity index (χ0v) is 8.68. The maximum absolute atomic E-state index is 11.7. The highest BCUT2D eigenvalue weighted by Crippen LogP contribution is 2.36. The van der Waals surface area contributed by atoms with Gasteiger partial charge in [0, 0.05) is 5.41 Å². The van der Waals surface area contributed by atoms with E-state index in [-0.39, 0.29) is 23.5 Å². The van der Waals surface area contributed by atoms with Gasteiger partial charge in [0.25, 0.3) is 0 Å². The summed E-state index contributed by atoms with van der Waals surface area (Å²) in [6, 6.07) is 0. The van der Waals surface area contributed by atoms with Crippen molar-refractivity contribution >= 4 is 5.91 Å². The quantitative estimate of drug-likeness (QED) is 0.688. The van der Waals surface area contributed by atoms with E-state index < -0.39 is 0 Å². The normalized spacial score (nSPS) is 19.7. The van der Waals surface area contributed by atoms with Crippen LogP contribution in [0.5, 0.6) is 0 Å². The zero-order valence-electron chi connectivity index (χ0n) is 8.68. The first kappa shape index (κ1) is 10.5. The second-order valence-electron chi connectivity index (χ2n) is 4.63. The molecule has 13 heavy (non-hydrogen) atoms. The van der Waals surface area contributed by atoms with Crippen molar-refractivity contribution in [2.75, 3.05) is 6.61 Å². The van der Waals surface area contributed by atoms with Crippen molar-refractivity contribution in [2.45, 2.75) is 45.6 Å². The molecule has 0 aromatic heterocycles. The van der Waals surface area contributed by atoms with Gasteiger partial charge in [-0.15, -0.1) is 0 Å². The van der Waals surface area contributed by atoms with Crippen LogP contribution in [0.4, 0.5) is 0 Å². The van der Waals surface area contributed by atoms with Crippen molar-refractivity contribution in [2.24, 2.45) is 5.41 Å². The van der Waals surface area contributed by atoms with E-state index in [1.807, 2.05) is 20.8 Å². The van der Waals surface area contributed by atoms with E-state index in [0.717, 1.165) is 19.3 Å². The topological polar surface area (TPSA) is 49.3 Å². The van der Waals surface area contributed by atoms with Gasteiger partial charge in [0.05, 0.1) is 12.1 Å². The maximum Gasteiger partial charge on any atom is 0.226 e. The monoisotopic (exact) mass is 185 g/mol. The van der Waals surface area contributed by atoms with E-state index in [2.05, 4.69) is 5.32 Å². The van der Waals surface area contributed by atoms with E-state index in [4.69, 9.17) is 5.11 Å². The first-order valence-corrected chi connectivity index (χ1v) is 4.89. The van der Waals surface area contributed by atoms with Crippen LogP contribution < -0.4 is 5.32 Å². The average molecular weight is 185 g/mol. The molecule has 1 aliphatic rings. The van der Waals surface area contributed by atoms with E-state index in [1.165, 1.54) is 0 Å². The molecule has 1 fully saturated rings. The largest absolute Gasteiger partial charge is 0.394 e. The fourth-order valence-electron chi connectivity index (χ4n) is 1.04. The van der Waals surface area contributed by atoms with Crippen LogP contribution in [0.25, 0.3) is 0 Å². The molecule has 0 aromatic carbocycles. The van der Waals surface area contributed by atoms with E-state index >= 15 is 0 Å². The molecule has 0 aromatic rings. The molecule has 1 saturated carbocycles. The molecule has 1 rings (SSSR count). The van der Waals surface area contributed by atoms with E-state index in [9.17, 15) is 4.79 Å². The van der Waals surface area contributed by atoms with Crippen molar-refractivity contribution in [1.29, 1.82) is 0 Å². The minimum Gasteiger partial charge on any atom is -0.394 e. The van der Waals surface area contributed by atoms with Crippen molar-refractivity contribution in [3.8, 4) is 0 Å². The molecule has 3 heteroatoms. The Morgan fingerprint density at radius 3 is 2.38 bits per heavy atom. The van der Waals surface area contributed by atoms with Crippen LogP contribution in [0.1, 0.15) is 40.0 Å². The lowest BCUT2D eigenvalue weighted by molar-refractivity contribution is -0.130. The molecule has 0 spiro atoms. The molecule has 0 atom stereocenters. The van der Waals surface area contributed by atoms with Crippen molar-refractivity contribution in [3.63, 3.8) is 0 Å². The lowest BCUT2D eigenvalue weighted by Crippen LogP contribution is -2.46. The molecular formula is C10H19NO2. The van der Waals surface area contributed by atoms with Gasteiger partial charge in [0.2, 0.25) is 5.91 Å². The fraction of sp³-hybridized carbons (Fsp3) is 0.900. The molecule has 0 heterocycles. The molecule has 0 unspecified atom stereocenters. The SMILES string of the molecule is CCC(C)(C)C(=O)NC1(CO)CC1. The van der Waals surface area contributed by atoms with Crippen LogP contribution in [0.3, 0.4) is 0 Å².